The summed E-state index contributed by atoms with van der Waals surface area (Å²) < 4.78 is 10.9. The van der Waals surface area contributed by atoms with Crippen molar-refractivity contribution in [3.8, 4) is 0 Å². The Morgan fingerprint density at radius 3 is 2.75 bits per heavy atom. The summed E-state index contributed by atoms with van der Waals surface area (Å²) in [5.74, 6) is -0.388. The fourth-order valence-corrected chi connectivity index (χ4v) is 1.65. The molecule has 2 aliphatic rings. The van der Waals surface area contributed by atoms with E-state index in [1.807, 2.05) is 6.92 Å². The second kappa shape index (κ2) is 2.68. The highest BCUT2D eigenvalue weighted by Crippen LogP contribution is 2.32. The molecule has 1 saturated heterocycles. The van der Waals surface area contributed by atoms with Crippen molar-refractivity contribution in [2.45, 2.75) is 19.1 Å². The van der Waals surface area contributed by atoms with Crippen LogP contribution in [0.15, 0.2) is 12.2 Å². The lowest BCUT2D eigenvalue weighted by Crippen LogP contribution is -2.35. The highest BCUT2D eigenvalue weighted by molar-refractivity contribution is 5.92. The van der Waals surface area contributed by atoms with Gasteiger partial charge in [0.05, 0.1) is 13.2 Å². The third-order valence-corrected chi connectivity index (χ3v) is 2.35. The molecule has 1 spiro atoms. The van der Waals surface area contributed by atoms with Crippen LogP contribution in [0, 0.1) is 5.92 Å². The normalized spacial score (nSPS) is 33.1. The molecular formula is C9H12O3. The zero-order chi connectivity index (χ0) is 8.60. The standard InChI is InChI=1S/C9H12O3/c1-7-6-9(3-2-8(7)10)11-4-5-12-9/h2-3,7H,4-6H2,1H3. The first-order valence-electron chi connectivity index (χ1n) is 4.23. The van der Waals surface area contributed by atoms with Crippen LogP contribution < -0.4 is 0 Å². The summed E-state index contributed by atoms with van der Waals surface area (Å²) in [6.45, 7) is 3.16. The minimum atomic E-state index is -0.576. The molecule has 0 radical (unpaired) electrons. The molecule has 0 bridgehead atoms. The maximum Gasteiger partial charge on any atom is 0.189 e. The molecule has 66 valence electrons. The Labute approximate surface area is 71.3 Å². The Morgan fingerprint density at radius 2 is 2.17 bits per heavy atom. The minimum Gasteiger partial charge on any atom is -0.344 e. The zero-order valence-electron chi connectivity index (χ0n) is 7.08. The lowest BCUT2D eigenvalue weighted by Gasteiger charge is -2.29. The summed E-state index contributed by atoms with van der Waals surface area (Å²) in [7, 11) is 0. The quantitative estimate of drug-likeness (QED) is 0.539. The van der Waals surface area contributed by atoms with E-state index in [-0.39, 0.29) is 11.7 Å². The van der Waals surface area contributed by atoms with Crippen molar-refractivity contribution in [1.82, 2.24) is 0 Å². The van der Waals surface area contributed by atoms with Crippen molar-refractivity contribution in [2.75, 3.05) is 13.2 Å². The molecule has 12 heavy (non-hydrogen) atoms. The summed E-state index contributed by atoms with van der Waals surface area (Å²) in [6, 6.07) is 0. The van der Waals surface area contributed by atoms with Gasteiger partial charge in [-0.3, -0.25) is 4.79 Å². The molecule has 3 heteroatoms. The Morgan fingerprint density at radius 1 is 1.50 bits per heavy atom. The minimum absolute atomic E-state index is 0.0214. The van der Waals surface area contributed by atoms with E-state index in [2.05, 4.69) is 0 Å². The average molecular weight is 168 g/mol. The molecule has 0 aromatic rings. The molecule has 2 rings (SSSR count). The summed E-state index contributed by atoms with van der Waals surface area (Å²) in [5.41, 5.74) is 0. The number of ketones is 1. The third kappa shape index (κ3) is 1.19. The van der Waals surface area contributed by atoms with E-state index in [4.69, 9.17) is 9.47 Å². The second-order valence-electron chi connectivity index (χ2n) is 3.35. The molecule has 0 N–H and O–H groups in total. The summed E-state index contributed by atoms with van der Waals surface area (Å²) in [6.07, 6.45) is 3.96. The molecule has 1 aliphatic heterocycles. The van der Waals surface area contributed by atoms with Gasteiger partial charge in [0.2, 0.25) is 0 Å². The van der Waals surface area contributed by atoms with Crippen molar-refractivity contribution >= 4 is 5.78 Å². The molecule has 0 saturated carbocycles. The van der Waals surface area contributed by atoms with Gasteiger partial charge in [0.15, 0.2) is 11.6 Å². The predicted molar refractivity (Wildman–Crippen MR) is 42.6 cm³/mol. The largest absolute Gasteiger partial charge is 0.344 e. The van der Waals surface area contributed by atoms with Crippen molar-refractivity contribution < 1.29 is 14.3 Å². The van der Waals surface area contributed by atoms with E-state index in [0.29, 0.717) is 19.6 Å². The zero-order valence-corrected chi connectivity index (χ0v) is 7.08. The molecule has 1 aliphatic carbocycles. The number of carbonyl (C=O) groups is 1. The molecule has 0 aromatic heterocycles. The first-order chi connectivity index (χ1) is 5.72. The third-order valence-electron chi connectivity index (χ3n) is 2.35. The molecular weight excluding hydrogens is 156 g/mol. The lowest BCUT2D eigenvalue weighted by atomic mass is 9.91. The van der Waals surface area contributed by atoms with E-state index < -0.39 is 5.79 Å². The maximum absolute atomic E-state index is 11.1. The highest BCUT2D eigenvalue weighted by atomic mass is 16.7. The van der Waals surface area contributed by atoms with Crippen molar-refractivity contribution in [1.29, 1.82) is 0 Å². The van der Waals surface area contributed by atoms with Gasteiger partial charge in [-0.25, -0.2) is 0 Å². The van der Waals surface area contributed by atoms with Crippen LogP contribution in [0.5, 0.6) is 0 Å². The van der Waals surface area contributed by atoms with Gasteiger partial charge in [-0.15, -0.1) is 0 Å². The molecule has 1 atom stereocenters. The fourth-order valence-electron chi connectivity index (χ4n) is 1.65. The molecule has 0 amide bonds. The summed E-state index contributed by atoms with van der Waals surface area (Å²) >= 11 is 0. The highest BCUT2D eigenvalue weighted by Gasteiger charge is 2.39. The van der Waals surface area contributed by atoms with Crippen LogP contribution in [0.25, 0.3) is 0 Å². The smallest absolute Gasteiger partial charge is 0.189 e. The van der Waals surface area contributed by atoms with Gasteiger partial charge in [-0.2, -0.15) is 0 Å². The molecule has 1 heterocycles. The number of rotatable bonds is 0. The monoisotopic (exact) mass is 168 g/mol. The van der Waals surface area contributed by atoms with Crippen LogP contribution in [0.2, 0.25) is 0 Å². The summed E-state index contributed by atoms with van der Waals surface area (Å²) in [4.78, 5) is 11.1. The molecule has 0 aromatic carbocycles. The van der Waals surface area contributed by atoms with E-state index in [1.54, 1.807) is 12.2 Å². The van der Waals surface area contributed by atoms with Gasteiger partial charge >= 0.3 is 0 Å². The Bertz CT molecular complexity index is 226. The van der Waals surface area contributed by atoms with Gasteiger partial charge in [0, 0.05) is 12.3 Å². The number of ether oxygens (including phenoxy) is 2. The Kier molecular flexibility index (Phi) is 1.77. The van der Waals surface area contributed by atoms with Gasteiger partial charge in [0.1, 0.15) is 0 Å². The maximum atomic E-state index is 11.1. The van der Waals surface area contributed by atoms with E-state index in [1.165, 1.54) is 0 Å². The van der Waals surface area contributed by atoms with Gasteiger partial charge < -0.3 is 9.47 Å². The van der Waals surface area contributed by atoms with Gasteiger partial charge in [-0.05, 0) is 12.2 Å². The summed E-state index contributed by atoms with van der Waals surface area (Å²) in [5, 5.41) is 0. The SMILES string of the molecule is CC1CC2(C=CC1=O)OCCO2. The van der Waals surface area contributed by atoms with Crippen molar-refractivity contribution in [3.63, 3.8) is 0 Å². The Hall–Kier alpha value is -0.670. The van der Waals surface area contributed by atoms with Crippen LogP contribution in [-0.2, 0) is 14.3 Å². The molecule has 1 fully saturated rings. The number of hydrogen-bond donors (Lipinski definition) is 0. The first kappa shape index (κ1) is 7.95. The van der Waals surface area contributed by atoms with Crippen LogP contribution in [0.4, 0.5) is 0 Å². The topological polar surface area (TPSA) is 35.5 Å². The van der Waals surface area contributed by atoms with E-state index >= 15 is 0 Å². The van der Waals surface area contributed by atoms with Crippen LogP contribution >= 0.6 is 0 Å². The van der Waals surface area contributed by atoms with Crippen LogP contribution in [0.3, 0.4) is 0 Å². The Balaban J connectivity index is 2.19. The molecule has 1 unspecified atom stereocenters. The average Bonchev–Trinajstić information content (AvgIpc) is 2.47. The number of carbonyl (C=O) groups excluding carboxylic acids is 1. The fraction of sp³-hybridized carbons (Fsp3) is 0.667. The molecule has 3 nitrogen and oxygen atoms in total. The van der Waals surface area contributed by atoms with Crippen LogP contribution in [-0.4, -0.2) is 24.8 Å². The van der Waals surface area contributed by atoms with Gasteiger partial charge in [-0.1, -0.05) is 6.92 Å². The predicted octanol–water partition coefficient (Wildman–Crippen LogP) is 0.895. The second-order valence-corrected chi connectivity index (χ2v) is 3.35. The number of allylic oxidation sites excluding steroid dienone is 1. The van der Waals surface area contributed by atoms with Crippen molar-refractivity contribution in [2.24, 2.45) is 5.92 Å². The van der Waals surface area contributed by atoms with Crippen molar-refractivity contribution in [3.05, 3.63) is 12.2 Å². The number of hydrogen-bond acceptors (Lipinski definition) is 3. The van der Waals surface area contributed by atoms with E-state index in [9.17, 15) is 4.79 Å². The van der Waals surface area contributed by atoms with Crippen LogP contribution in [0.1, 0.15) is 13.3 Å². The van der Waals surface area contributed by atoms with Gasteiger partial charge in [0.25, 0.3) is 0 Å². The van der Waals surface area contributed by atoms with E-state index in [0.717, 1.165) is 0 Å². The first-order valence-corrected chi connectivity index (χ1v) is 4.23. The lowest BCUT2D eigenvalue weighted by molar-refractivity contribution is -0.144.